The molecule has 1 N–H and O–H groups in total. The molecule has 28 heavy (non-hydrogen) atoms. The summed E-state index contributed by atoms with van der Waals surface area (Å²) in [6, 6.07) is 9.19. The van der Waals surface area contributed by atoms with Crippen molar-refractivity contribution < 1.29 is 27.9 Å². The van der Waals surface area contributed by atoms with Crippen molar-refractivity contribution in [2.24, 2.45) is 5.16 Å². The molecule has 0 saturated carbocycles. The third-order valence-corrected chi connectivity index (χ3v) is 3.95. The van der Waals surface area contributed by atoms with E-state index in [1.807, 2.05) is 0 Å². The van der Waals surface area contributed by atoms with Crippen molar-refractivity contribution in [3.8, 4) is 11.5 Å². The van der Waals surface area contributed by atoms with Crippen LogP contribution in [0.4, 0.5) is 8.78 Å². The Labute approximate surface area is 170 Å². The third kappa shape index (κ3) is 6.86. The molecule has 0 bridgehead atoms. The van der Waals surface area contributed by atoms with Gasteiger partial charge >= 0.3 is 6.61 Å². The maximum atomic E-state index is 12.3. The second kappa shape index (κ2) is 10.7. The van der Waals surface area contributed by atoms with Crippen LogP contribution in [0, 0.1) is 0 Å². The van der Waals surface area contributed by atoms with E-state index in [0.29, 0.717) is 21.2 Å². The standard InChI is InChI=1S/C18H16Cl2F2N2O4/c1-26-16-6-11(2-5-15(16)28-18(21)22)8-24-27-10-17(25)23-9-12-3-4-13(19)7-14(12)20/h2-8,18H,9-10H2,1H3,(H,23,25). The highest BCUT2D eigenvalue weighted by atomic mass is 35.5. The number of halogens is 4. The molecule has 2 rings (SSSR count). The highest BCUT2D eigenvalue weighted by Gasteiger charge is 2.10. The number of carbonyl (C=O) groups excluding carboxylic acids is 1. The van der Waals surface area contributed by atoms with Crippen molar-refractivity contribution >= 4 is 35.3 Å². The molecule has 0 atom stereocenters. The molecule has 2 aromatic rings. The van der Waals surface area contributed by atoms with E-state index in [1.54, 1.807) is 18.2 Å². The van der Waals surface area contributed by atoms with Crippen LogP contribution in [0.3, 0.4) is 0 Å². The molecule has 0 aromatic heterocycles. The van der Waals surface area contributed by atoms with Gasteiger partial charge in [-0.1, -0.05) is 34.4 Å². The summed E-state index contributed by atoms with van der Waals surface area (Å²) in [5, 5.41) is 7.23. The molecule has 1 amide bonds. The predicted octanol–water partition coefficient (Wildman–Crippen LogP) is 4.27. The normalized spacial score (nSPS) is 10.9. The first-order valence-corrected chi connectivity index (χ1v) is 8.63. The number of hydrogen-bond acceptors (Lipinski definition) is 5. The van der Waals surface area contributed by atoms with E-state index in [0.717, 1.165) is 0 Å². The summed E-state index contributed by atoms with van der Waals surface area (Å²) < 4.78 is 33.9. The molecule has 0 spiro atoms. The lowest BCUT2D eigenvalue weighted by atomic mass is 10.2. The molecule has 10 heteroatoms. The lowest BCUT2D eigenvalue weighted by Crippen LogP contribution is -2.26. The Morgan fingerprint density at radius 3 is 2.68 bits per heavy atom. The quantitative estimate of drug-likeness (QED) is 0.474. The fraction of sp³-hybridized carbons (Fsp3) is 0.222. The van der Waals surface area contributed by atoms with Crippen LogP contribution in [-0.4, -0.2) is 32.4 Å². The average molecular weight is 433 g/mol. The predicted molar refractivity (Wildman–Crippen MR) is 101 cm³/mol. The van der Waals surface area contributed by atoms with Crippen molar-refractivity contribution in [3.63, 3.8) is 0 Å². The van der Waals surface area contributed by atoms with Crippen LogP contribution in [0.1, 0.15) is 11.1 Å². The van der Waals surface area contributed by atoms with Gasteiger partial charge in [-0.2, -0.15) is 8.78 Å². The van der Waals surface area contributed by atoms with E-state index < -0.39 is 12.5 Å². The maximum absolute atomic E-state index is 12.3. The number of alkyl halides is 2. The smallest absolute Gasteiger partial charge is 0.387 e. The number of amides is 1. The molecule has 0 radical (unpaired) electrons. The van der Waals surface area contributed by atoms with E-state index in [1.165, 1.54) is 31.5 Å². The summed E-state index contributed by atoms with van der Waals surface area (Å²) in [5.41, 5.74) is 1.22. The highest BCUT2D eigenvalue weighted by Crippen LogP contribution is 2.29. The molecule has 0 fully saturated rings. The van der Waals surface area contributed by atoms with Gasteiger partial charge in [-0.15, -0.1) is 0 Å². The van der Waals surface area contributed by atoms with Gasteiger partial charge in [0.05, 0.1) is 13.3 Å². The fourth-order valence-electron chi connectivity index (χ4n) is 2.06. The van der Waals surface area contributed by atoms with Gasteiger partial charge in [-0.25, -0.2) is 0 Å². The number of nitrogens with one attached hydrogen (secondary N) is 1. The molecular formula is C18H16Cl2F2N2O4. The monoisotopic (exact) mass is 432 g/mol. The molecule has 150 valence electrons. The average Bonchev–Trinajstić information content (AvgIpc) is 2.65. The van der Waals surface area contributed by atoms with E-state index in [2.05, 4.69) is 15.2 Å². The number of carbonyl (C=O) groups is 1. The Balaban J connectivity index is 1.81. The largest absolute Gasteiger partial charge is 0.493 e. The molecule has 2 aromatic carbocycles. The lowest BCUT2D eigenvalue weighted by molar-refractivity contribution is -0.125. The lowest BCUT2D eigenvalue weighted by Gasteiger charge is -2.10. The SMILES string of the molecule is COc1cc(C=NOCC(=O)NCc2ccc(Cl)cc2Cl)ccc1OC(F)F. The van der Waals surface area contributed by atoms with Crippen LogP contribution < -0.4 is 14.8 Å². The molecule has 0 aliphatic carbocycles. The van der Waals surface area contributed by atoms with Crippen molar-refractivity contribution in [1.29, 1.82) is 0 Å². The summed E-state index contributed by atoms with van der Waals surface area (Å²) in [5.74, 6) is -0.390. The Morgan fingerprint density at radius 1 is 1.21 bits per heavy atom. The van der Waals surface area contributed by atoms with Crippen LogP contribution in [0.15, 0.2) is 41.6 Å². The first-order chi connectivity index (χ1) is 13.4. The zero-order chi connectivity index (χ0) is 20.5. The van der Waals surface area contributed by atoms with Gasteiger partial charge < -0.3 is 19.6 Å². The Morgan fingerprint density at radius 2 is 2.00 bits per heavy atom. The van der Waals surface area contributed by atoms with E-state index in [4.69, 9.17) is 32.8 Å². The van der Waals surface area contributed by atoms with Gasteiger partial charge in [0.25, 0.3) is 5.91 Å². The number of rotatable bonds is 9. The van der Waals surface area contributed by atoms with Crippen LogP contribution in [0.25, 0.3) is 0 Å². The molecular weight excluding hydrogens is 417 g/mol. The second-order valence-corrected chi connectivity index (χ2v) is 6.15. The van der Waals surface area contributed by atoms with Gasteiger partial charge in [-0.05, 0) is 35.9 Å². The Bertz CT molecular complexity index is 850. The second-order valence-electron chi connectivity index (χ2n) is 5.31. The number of nitrogens with zero attached hydrogens (tertiary/aromatic N) is 1. The summed E-state index contributed by atoms with van der Waals surface area (Å²) in [6.07, 6.45) is 1.30. The zero-order valence-electron chi connectivity index (χ0n) is 14.6. The number of oxime groups is 1. The van der Waals surface area contributed by atoms with Crippen LogP contribution >= 0.6 is 23.2 Å². The Kier molecular flexibility index (Phi) is 8.28. The van der Waals surface area contributed by atoms with E-state index >= 15 is 0 Å². The minimum atomic E-state index is -2.96. The van der Waals surface area contributed by atoms with Crippen molar-refractivity contribution in [1.82, 2.24) is 5.32 Å². The summed E-state index contributed by atoms with van der Waals surface area (Å²) in [7, 11) is 1.32. The van der Waals surface area contributed by atoms with Crippen molar-refractivity contribution in [2.45, 2.75) is 13.2 Å². The Hall–Kier alpha value is -2.58. The minimum absolute atomic E-state index is 0.101. The molecule has 0 aliphatic heterocycles. The summed E-state index contributed by atoms with van der Waals surface area (Å²) >= 11 is 11.8. The molecule has 0 saturated heterocycles. The third-order valence-electron chi connectivity index (χ3n) is 3.37. The molecule has 0 heterocycles. The minimum Gasteiger partial charge on any atom is -0.493 e. The van der Waals surface area contributed by atoms with Crippen LogP contribution in [-0.2, 0) is 16.2 Å². The fourth-order valence-corrected chi connectivity index (χ4v) is 2.54. The van der Waals surface area contributed by atoms with Gasteiger partial charge in [-0.3, -0.25) is 4.79 Å². The van der Waals surface area contributed by atoms with Gasteiger partial charge in [0.2, 0.25) is 0 Å². The summed E-state index contributed by atoms with van der Waals surface area (Å²) in [6.45, 7) is -3.06. The summed E-state index contributed by atoms with van der Waals surface area (Å²) in [4.78, 5) is 16.7. The van der Waals surface area contributed by atoms with E-state index in [9.17, 15) is 13.6 Å². The number of hydrogen-bond donors (Lipinski definition) is 1. The van der Waals surface area contributed by atoms with Crippen LogP contribution in [0.2, 0.25) is 10.0 Å². The zero-order valence-corrected chi connectivity index (χ0v) is 16.1. The van der Waals surface area contributed by atoms with Gasteiger partial charge in [0.15, 0.2) is 18.1 Å². The van der Waals surface area contributed by atoms with Crippen molar-refractivity contribution in [3.05, 3.63) is 57.6 Å². The van der Waals surface area contributed by atoms with Crippen molar-refractivity contribution in [2.75, 3.05) is 13.7 Å². The van der Waals surface area contributed by atoms with Crippen LogP contribution in [0.5, 0.6) is 11.5 Å². The molecule has 6 nitrogen and oxygen atoms in total. The topological polar surface area (TPSA) is 69.2 Å². The number of ether oxygens (including phenoxy) is 2. The number of benzene rings is 2. The molecule has 0 aliphatic rings. The highest BCUT2D eigenvalue weighted by molar-refractivity contribution is 6.35. The number of methoxy groups -OCH3 is 1. The van der Waals surface area contributed by atoms with Gasteiger partial charge in [0.1, 0.15) is 0 Å². The molecule has 0 unspecified atom stereocenters. The van der Waals surface area contributed by atoms with E-state index in [-0.39, 0.29) is 24.7 Å². The van der Waals surface area contributed by atoms with Gasteiger partial charge in [0, 0.05) is 22.2 Å². The maximum Gasteiger partial charge on any atom is 0.387 e. The first kappa shape index (κ1) is 21.7. The first-order valence-electron chi connectivity index (χ1n) is 7.88.